The zero-order chi connectivity index (χ0) is 9.30. The van der Waals surface area contributed by atoms with Gasteiger partial charge in [0.2, 0.25) is 5.82 Å². The van der Waals surface area contributed by atoms with Gasteiger partial charge in [0.25, 0.3) is 0 Å². The Bertz CT molecular complexity index is 340. The van der Waals surface area contributed by atoms with Crippen molar-refractivity contribution in [2.75, 3.05) is 11.5 Å². The van der Waals surface area contributed by atoms with Crippen LogP contribution in [-0.4, -0.2) is 9.91 Å². The highest BCUT2D eigenvalue weighted by atomic mass is 35.5. The number of anilines is 2. The fraction of sp³-hybridized carbons (Fsp3) is 0. The van der Waals surface area contributed by atoms with Crippen LogP contribution in [0.25, 0.3) is 0 Å². The van der Waals surface area contributed by atoms with Crippen LogP contribution in [0.2, 0.25) is 5.02 Å². The first-order valence-corrected chi connectivity index (χ1v) is 3.26. The maximum atomic E-state index is 10.3. The molecule has 0 aliphatic rings. The van der Waals surface area contributed by atoms with E-state index >= 15 is 0 Å². The Labute approximate surface area is 72.3 Å². The average molecular weight is 189 g/mol. The van der Waals surface area contributed by atoms with Gasteiger partial charge in [0.1, 0.15) is 5.82 Å². The molecule has 0 radical (unpaired) electrons. The Morgan fingerprint density at radius 1 is 1.50 bits per heavy atom. The van der Waals surface area contributed by atoms with E-state index in [-0.39, 0.29) is 22.3 Å². The lowest BCUT2D eigenvalue weighted by Crippen LogP contribution is -2.01. The van der Waals surface area contributed by atoms with E-state index in [4.69, 9.17) is 23.1 Å². The van der Waals surface area contributed by atoms with Crippen LogP contribution in [0.4, 0.5) is 17.3 Å². The minimum absolute atomic E-state index is 0.0141. The number of rotatable bonds is 1. The number of nitrogens with zero attached hydrogens (tertiary/aromatic N) is 2. The molecule has 0 saturated carbocycles. The number of aromatic nitrogens is 1. The molecule has 0 amide bonds. The van der Waals surface area contributed by atoms with E-state index in [0.717, 1.165) is 6.07 Å². The van der Waals surface area contributed by atoms with E-state index in [0.29, 0.717) is 0 Å². The SMILES string of the molecule is Nc1nc(N)c([N+](=O)[O-])cc1Cl. The Morgan fingerprint density at radius 3 is 2.58 bits per heavy atom. The number of nitrogens with two attached hydrogens (primary N) is 2. The van der Waals surface area contributed by atoms with Crippen LogP contribution in [-0.2, 0) is 0 Å². The van der Waals surface area contributed by atoms with Gasteiger partial charge in [0, 0.05) is 6.07 Å². The summed E-state index contributed by atoms with van der Waals surface area (Å²) in [6.45, 7) is 0. The Kier molecular flexibility index (Phi) is 2.01. The first-order valence-electron chi connectivity index (χ1n) is 2.88. The predicted molar refractivity (Wildman–Crippen MR) is 44.7 cm³/mol. The summed E-state index contributed by atoms with van der Waals surface area (Å²) in [7, 11) is 0. The molecule has 1 aromatic rings. The van der Waals surface area contributed by atoms with Gasteiger partial charge in [-0.1, -0.05) is 11.6 Å². The van der Waals surface area contributed by atoms with Gasteiger partial charge in [-0.3, -0.25) is 10.1 Å². The summed E-state index contributed by atoms with van der Waals surface area (Å²) in [5.41, 5.74) is 10.1. The molecule has 0 saturated heterocycles. The molecule has 0 spiro atoms. The molecule has 1 heterocycles. The molecule has 7 heteroatoms. The van der Waals surface area contributed by atoms with Crippen LogP contribution in [0.15, 0.2) is 6.07 Å². The first-order chi connectivity index (χ1) is 5.52. The third-order valence-electron chi connectivity index (χ3n) is 1.21. The van der Waals surface area contributed by atoms with E-state index in [1.807, 2.05) is 0 Å². The summed E-state index contributed by atoms with van der Waals surface area (Å²) in [6, 6.07) is 1.07. The molecular formula is C5H5ClN4O2. The Morgan fingerprint density at radius 2 is 2.08 bits per heavy atom. The number of pyridine rings is 1. The van der Waals surface area contributed by atoms with Crippen LogP contribution in [0.3, 0.4) is 0 Å². The number of hydrogen-bond acceptors (Lipinski definition) is 5. The molecule has 0 aromatic carbocycles. The van der Waals surface area contributed by atoms with Crippen molar-refractivity contribution in [2.45, 2.75) is 0 Å². The van der Waals surface area contributed by atoms with E-state index in [1.54, 1.807) is 0 Å². The van der Waals surface area contributed by atoms with Crippen molar-refractivity contribution in [1.29, 1.82) is 0 Å². The fourth-order valence-electron chi connectivity index (χ4n) is 0.655. The lowest BCUT2D eigenvalue weighted by molar-refractivity contribution is -0.384. The van der Waals surface area contributed by atoms with Gasteiger partial charge in [-0.05, 0) is 0 Å². The fourth-order valence-corrected chi connectivity index (χ4v) is 0.800. The zero-order valence-corrected chi connectivity index (χ0v) is 6.58. The molecule has 12 heavy (non-hydrogen) atoms. The van der Waals surface area contributed by atoms with E-state index < -0.39 is 4.92 Å². The molecule has 1 aromatic heterocycles. The molecule has 0 atom stereocenters. The molecule has 0 bridgehead atoms. The van der Waals surface area contributed by atoms with Gasteiger partial charge in [-0.15, -0.1) is 0 Å². The van der Waals surface area contributed by atoms with Gasteiger partial charge in [-0.25, -0.2) is 4.98 Å². The van der Waals surface area contributed by atoms with E-state index in [9.17, 15) is 10.1 Å². The maximum absolute atomic E-state index is 10.3. The summed E-state index contributed by atoms with van der Waals surface area (Å²) in [4.78, 5) is 13.1. The minimum atomic E-state index is -0.673. The lowest BCUT2D eigenvalue weighted by Gasteiger charge is -1.99. The van der Waals surface area contributed by atoms with Crippen molar-refractivity contribution < 1.29 is 4.92 Å². The third-order valence-corrected chi connectivity index (χ3v) is 1.51. The zero-order valence-electron chi connectivity index (χ0n) is 5.82. The summed E-state index contributed by atoms with van der Waals surface area (Å²) in [6.07, 6.45) is 0. The van der Waals surface area contributed by atoms with Crippen molar-refractivity contribution in [2.24, 2.45) is 0 Å². The minimum Gasteiger partial charge on any atom is -0.382 e. The smallest absolute Gasteiger partial charge is 0.312 e. The van der Waals surface area contributed by atoms with Crippen molar-refractivity contribution >= 4 is 28.9 Å². The summed E-state index contributed by atoms with van der Waals surface area (Å²) < 4.78 is 0. The second kappa shape index (κ2) is 2.82. The monoisotopic (exact) mass is 188 g/mol. The summed E-state index contributed by atoms with van der Waals surface area (Å²) in [5.74, 6) is -0.248. The largest absolute Gasteiger partial charge is 0.382 e. The number of nitro groups is 1. The second-order valence-corrected chi connectivity index (χ2v) is 2.42. The number of nitrogen functional groups attached to an aromatic ring is 2. The highest BCUT2D eigenvalue weighted by Crippen LogP contribution is 2.26. The maximum Gasteiger partial charge on any atom is 0.312 e. The van der Waals surface area contributed by atoms with Crippen molar-refractivity contribution in [3.05, 3.63) is 21.2 Å². The second-order valence-electron chi connectivity index (χ2n) is 2.02. The van der Waals surface area contributed by atoms with E-state index in [1.165, 1.54) is 0 Å². The highest BCUT2D eigenvalue weighted by molar-refractivity contribution is 6.33. The Hall–Kier alpha value is -1.56. The summed E-state index contributed by atoms with van der Waals surface area (Å²) >= 11 is 5.48. The Balaban J connectivity index is 3.33. The molecular weight excluding hydrogens is 184 g/mol. The lowest BCUT2D eigenvalue weighted by atomic mass is 10.4. The topological polar surface area (TPSA) is 108 Å². The van der Waals surface area contributed by atoms with Crippen LogP contribution >= 0.6 is 11.6 Å². The third kappa shape index (κ3) is 1.37. The first kappa shape index (κ1) is 8.54. The molecule has 0 fully saturated rings. The normalized spacial score (nSPS) is 9.75. The summed E-state index contributed by atoms with van der Waals surface area (Å²) in [5, 5.41) is 10.3. The molecule has 0 unspecified atom stereocenters. The molecule has 0 aliphatic carbocycles. The van der Waals surface area contributed by atoms with Gasteiger partial charge >= 0.3 is 5.69 Å². The molecule has 4 N–H and O–H groups in total. The molecule has 64 valence electrons. The molecule has 0 aliphatic heterocycles. The predicted octanol–water partition coefficient (Wildman–Crippen LogP) is 0.808. The van der Waals surface area contributed by atoms with Crippen molar-refractivity contribution in [3.63, 3.8) is 0 Å². The highest BCUT2D eigenvalue weighted by Gasteiger charge is 2.15. The van der Waals surface area contributed by atoms with Crippen LogP contribution < -0.4 is 11.5 Å². The average Bonchev–Trinajstić information content (AvgIpc) is 1.96. The standard InChI is InChI=1S/C5H5ClN4O2/c6-2-1-3(10(11)12)5(8)9-4(2)7/h1H,(H4,7,8,9). The quantitative estimate of drug-likeness (QED) is 0.501. The van der Waals surface area contributed by atoms with E-state index in [2.05, 4.69) is 4.98 Å². The van der Waals surface area contributed by atoms with Crippen LogP contribution in [0, 0.1) is 10.1 Å². The van der Waals surface area contributed by atoms with Gasteiger partial charge in [0.05, 0.1) is 9.95 Å². The van der Waals surface area contributed by atoms with Crippen LogP contribution in [0.1, 0.15) is 0 Å². The van der Waals surface area contributed by atoms with Gasteiger partial charge in [-0.2, -0.15) is 0 Å². The van der Waals surface area contributed by atoms with Crippen molar-refractivity contribution in [1.82, 2.24) is 4.98 Å². The number of halogens is 1. The van der Waals surface area contributed by atoms with Crippen molar-refractivity contribution in [3.8, 4) is 0 Å². The van der Waals surface area contributed by atoms with Crippen LogP contribution in [0.5, 0.6) is 0 Å². The number of hydrogen-bond donors (Lipinski definition) is 2. The molecule has 1 rings (SSSR count). The molecule has 6 nitrogen and oxygen atoms in total. The van der Waals surface area contributed by atoms with Gasteiger partial charge < -0.3 is 11.5 Å². The van der Waals surface area contributed by atoms with Gasteiger partial charge in [0.15, 0.2) is 0 Å².